The number of amides is 1. The van der Waals surface area contributed by atoms with Crippen molar-refractivity contribution in [2.45, 2.75) is 6.92 Å². The first-order valence-electron chi connectivity index (χ1n) is 6.54. The fraction of sp³-hybridized carbons (Fsp3) is 0.125. The van der Waals surface area contributed by atoms with Gasteiger partial charge in [-0.15, -0.1) is 0 Å². The van der Waals surface area contributed by atoms with Crippen molar-refractivity contribution < 1.29 is 14.3 Å². The summed E-state index contributed by atoms with van der Waals surface area (Å²) in [6.07, 6.45) is 0. The molecule has 1 N–H and O–H groups in total. The Morgan fingerprint density at radius 2 is 1.70 bits per heavy atom. The number of aryl methyl sites for hydroxylation is 1. The number of halogens is 3. The third-order valence-corrected chi connectivity index (χ3v) is 3.73. The lowest BCUT2D eigenvalue weighted by Gasteiger charge is -2.08. The Labute approximate surface area is 148 Å². The van der Waals surface area contributed by atoms with Gasteiger partial charge in [-0.2, -0.15) is 0 Å². The number of carbonyl (C=O) groups excluding carboxylic acids is 2. The summed E-state index contributed by atoms with van der Waals surface area (Å²) in [5.74, 6) is -1.17. The summed E-state index contributed by atoms with van der Waals surface area (Å²) in [6.45, 7) is 1.42. The largest absolute Gasteiger partial charge is 0.452 e. The lowest BCUT2D eigenvalue weighted by atomic mass is 10.2. The summed E-state index contributed by atoms with van der Waals surface area (Å²) in [7, 11) is 0. The summed E-state index contributed by atoms with van der Waals surface area (Å²) < 4.78 is 4.92. The average Bonchev–Trinajstić information content (AvgIpc) is 2.47. The van der Waals surface area contributed by atoms with Crippen molar-refractivity contribution in [3.8, 4) is 0 Å². The van der Waals surface area contributed by atoms with Crippen molar-refractivity contribution in [1.29, 1.82) is 0 Å². The number of esters is 1. The molecule has 1 amide bonds. The molecule has 23 heavy (non-hydrogen) atoms. The van der Waals surface area contributed by atoms with Crippen LogP contribution in [0.2, 0.25) is 15.1 Å². The van der Waals surface area contributed by atoms with Crippen LogP contribution in [0.1, 0.15) is 15.9 Å². The molecular weight excluding hydrogens is 361 g/mol. The van der Waals surface area contributed by atoms with Gasteiger partial charge in [0.05, 0.1) is 5.56 Å². The van der Waals surface area contributed by atoms with Crippen LogP contribution in [0, 0.1) is 6.92 Å². The van der Waals surface area contributed by atoms with Crippen LogP contribution >= 0.6 is 34.8 Å². The van der Waals surface area contributed by atoms with Crippen LogP contribution in [0.3, 0.4) is 0 Å². The van der Waals surface area contributed by atoms with E-state index < -0.39 is 18.5 Å². The number of carbonyl (C=O) groups is 2. The van der Waals surface area contributed by atoms with Gasteiger partial charge in [0.15, 0.2) is 6.61 Å². The Morgan fingerprint density at radius 1 is 1.04 bits per heavy atom. The van der Waals surface area contributed by atoms with Crippen molar-refractivity contribution in [3.63, 3.8) is 0 Å². The van der Waals surface area contributed by atoms with Gasteiger partial charge in [-0.25, -0.2) is 4.79 Å². The van der Waals surface area contributed by atoms with Gasteiger partial charge >= 0.3 is 5.97 Å². The molecule has 0 saturated carbocycles. The van der Waals surface area contributed by atoms with Gasteiger partial charge in [0.25, 0.3) is 5.91 Å². The topological polar surface area (TPSA) is 55.4 Å². The first kappa shape index (κ1) is 17.6. The molecule has 2 aromatic rings. The number of rotatable bonds is 4. The highest BCUT2D eigenvalue weighted by Crippen LogP contribution is 2.21. The Balaban J connectivity index is 1.93. The number of hydrogen-bond donors (Lipinski definition) is 1. The monoisotopic (exact) mass is 371 g/mol. The van der Waals surface area contributed by atoms with Crippen LogP contribution < -0.4 is 5.32 Å². The van der Waals surface area contributed by atoms with Gasteiger partial charge in [0.1, 0.15) is 0 Å². The molecule has 2 aromatic carbocycles. The van der Waals surface area contributed by atoms with Gasteiger partial charge in [-0.05, 0) is 42.8 Å². The average molecular weight is 373 g/mol. The second kappa shape index (κ2) is 7.68. The van der Waals surface area contributed by atoms with Crippen molar-refractivity contribution in [2.75, 3.05) is 11.9 Å². The highest BCUT2D eigenvalue weighted by molar-refractivity contribution is 6.35. The van der Waals surface area contributed by atoms with Gasteiger partial charge in [0.2, 0.25) is 0 Å². The Bertz CT molecular complexity index is 742. The number of benzene rings is 2. The van der Waals surface area contributed by atoms with Gasteiger partial charge < -0.3 is 10.1 Å². The SMILES string of the molecule is Cc1ccc(NC(=O)COC(=O)c2cc(Cl)cc(Cl)c2)cc1Cl. The summed E-state index contributed by atoms with van der Waals surface area (Å²) in [5, 5.41) is 3.74. The fourth-order valence-corrected chi connectivity index (χ4v) is 2.46. The molecule has 7 heteroatoms. The zero-order chi connectivity index (χ0) is 17.0. The van der Waals surface area contributed by atoms with Crippen LogP contribution in [0.4, 0.5) is 5.69 Å². The maximum absolute atomic E-state index is 11.9. The summed E-state index contributed by atoms with van der Waals surface area (Å²) >= 11 is 17.6. The van der Waals surface area contributed by atoms with E-state index >= 15 is 0 Å². The van der Waals surface area contributed by atoms with Crippen LogP contribution in [-0.4, -0.2) is 18.5 Å². The maximum atomic E-state index is 11.9. The molecule has 0 fully saturated rings. The number of ether oxygens (including phenoxy) is 1. The molecule has 0 saturated heterocycles. The zero-order valence-corrected chi connectivity index (χ0v) is 14.3. The molecule has 0 aromatic heterocycles. The highest BCUT2D eigenvalue weighted by atomic mass is 35.5. The van der Waals surface area contributed by atoms with Crippen LogP contribution in [-0.2, 0) is 9.53 Å². The number of nitrogens with one attached hydrogen (secondary N) is 1. The lowest BCUT2D eigenvalue weighted by molar-refractivity contribution is -0.119. The second-order valence-electron chi connectivity index (χ2n) is 4.75. The van der Waals surface area contributed by atoms with E-state index in [1.165, 1.54) is 18.2 Å². The molecule has 0 atom stereocenters. The first-order chi connectivity index (χ1) is 10.8. The van der Waals surface area contributed by atoms with Crippen molar-refractivity contribution in [2.24, 2.45) is 0 Å². The number of hydrogen-bond acceptors (Lipinski definition) is 3. The van der Waals surface area contributed by atoms with Gasteiger partial charge in [-0.3, -0.25) is 4.79 Å². The first-order valence-corrected chi connectivity index (χ1v) is 7.68. The predicted octanol–water partition coefficient (Wildman–Crippen LogP) is 4.75. The minimum Gasteiger partial charge on any atom is -0.452 e. The van der Waals surface area contributed by atoms with Crippen LogP contribution in [0.15, 0.2) is 36.4 Å². The quantitative estimate of drug-likeness (QED) is 0.788. The van der Waals surface area contributed by atoms with E-state index in [4.69, 9.17) is 39.5 Å². The molecule has 0 aliphatic rings. The van der Waals surface area contributed by atoms with E-state index in [-0.39, 0.29) is 5.56 Å². The Hall–Kier alpha value is -1.75. The highest BCUT2D eigenvalue weighted by Gasteiger charge is 2.12. The molecule has 0 heterocycles. The second-order valence-corrected chi connectivity index (χ2v) is 6.03. The van der Waals surface area contributed by atoms with Crippen LogP contribution in [0.5, 0.6) is 0 Å². The Kier molecular flexibility index (Phi) is 5.88. The third-order valence-electron chi connectivity index (χ3n) is 2.89. The molecule has 0 aliphatic heterocycles. The molecule has 0 radical (unpaired) electrons. The van der Waals surface area contributed by atoms with E-state index in [1.54, 1.807) is 18.2 Å². The van der Waals surface area contributed by atoms with E-state index in [9.17, 15) is 9.59 Å². The fourth-order valence-electron chi connectivity index (χ4n) is 1.75. The minimum atomic E-state index is -0.688. The lowest BCUT2D eigenvalue weighted by Crippen LogP contribution is -2.21. The standard InChI is InChI=1S/C16H12Cl3NO3/c1-9-2-3-13(7-14(9)19)20-15(21)8-23-16(22)10-4-11(17)6-12(18)5-10/h2-7H,8H2,1H3,(H,20,21). The summed E-state index contributed by atoms with van der Waals surface area (Å²) in [5.41, 5.74) is 1.59. The van der Waals surface area contributed by atoms with Crippen molar-refractivity contribution >= 4 is 52.4 Å². The van der Waals surface area contributed by atoms with Gasteiger partial charge in [-0.1, -0.05) is 40.9 Å². The molecule has 0 unspecified atom stereocenters. The zero-order valence-electron chi connectivity index (χ0n) is 12.0. The molecule has 0 spiro atoms. The smallest absolute Gasteiger partial charge is 0.338 e. The predicted molar refractivity (Wildman–Crippen MR) is 91.6 cm³/mol. The molecule has 0 bridgehead atoms. The van der Waals surface area contributed by atoms with Crippen molar-refractivity contribution in [3.05, 3.63) is 62.6 Å². The molecular formula is C16H12Cl3NO3. The molecule has 120 valence electrons. The van der Waals surface area contributed by atoms with E-state index in [2.05, 4.69) is 5.32 Å². The van der Waals surface area contributed by atoms with Gasteiger partial charge in [0, 0.05) is 20.8 Å². The van der Waals surface area contributed by atoms with Crippen LogP contribution in [0.25, 0.3) is 0 Å². The third kappa shape index (κ3) is 5.13. The van der Waals surface area contributed by atoms with E-state index in [0.29, 0.717) is 20.8 Å². The maximum Gasteiger partial charge on any atom is 0.338 e. The van der Waals surface area contributed by atoms with Crippen molar-refractivity contribution in [1.82, 2.24) is 0 Å². The Morgan fingerprint density at radius 3 is 2.30 bits per heavy atom. The molecule has 2 rings (SSSR count). The summed E-state index contributed by atoms with van der Waals surface area (Å²) in [6, 6.07) is 9.41. The number of anilines is 1. The van der Waals surface area contributed by atoms with E-state index in [1.807, 2.05) is 6.92 Å². The van der Waals surface area contributed by atoms with E-state index in [0.717, 1.165) is 5.56 Å². The normalized spacial score (nSPS) is 10.3. The minimum absolute atomic E-state index is 0.175. The molecule has 4 nitrogen and oxygen atoms in total. The summed E-state index contributed by atoms with van der Waals surface area (Å²) in [4.78, 5) is 23.7. The molecule has 0 aliphatic carbocycles.